The zero-order valence-electron chi connectivity index (χ0n) is 17.2. The summed E-state index contributed by atoms with van der Waals surface area (Å²) >= 11 is 15.4. The van der Waals surface area contributed by atoms with Gasteiger partial charge in [0.15, 0.2) is 11.0 Å². The molecule has 0 bridgehead atoms. The predicted molar refractivity (Wildman–Crippen MR) is 137 cm³/mol. The van der Waals surface area contributed by atoms with Gasteiger partial charge < -0.3 is 15.2 Å². The fraction of sp³-hybridized carbons (Fsp3) is 0.238. The van der Waals surface area contributed by atoms with Gasteiger partial charge in [0.1, 0.15) is 0 Å². The minimum atomic E-state index is -0.403. The van der Waals surface area contributed by atoms with Crippen molar-refractivity contribution in [1.29, 1.82) is 0 Å². The molecule has 2 amide bonds. The molecule has 1 aromatic heterocycles. The Morgan fingerprint density at radius 1 is 1.12 bits per heavy atom. The third-order valence-corrected chi connectivity index (χ3v) is 6.86. The van der Waals surface area contributed by atoms with Gasteiger partial charge in [-0.3, -0.25) is 9.59 Å². The molecule has 2 N–H and O–H groups in total. The summed E-state index contributed by atoms with van der Waals surface area (Å²) in [6, 6.07) is 11.9. The Bertz CT molecular complexity index is 1120. The van der Waals surface area contributed by atoms with Crippen LogP contribution in [0, 0.1) is 3.57 Å². The van der Waals surface area contributed by atoms with E-state index in [1.165, 1.54) is 17.8 Å². The molecule has 3 rings (SSSR count). The number of carbonyl (C=O) groups is 2. The molecule has 3 aromatic rings. The highest BCUT2D eigenvalue weighted by Gasteiger charge is 2.20. The van der Waals surface area contributed by atoms with E-state index in [1.54, 1.807) is 12.1 Å². The molecule has 0 aliphatic heterocycles. The Balaban J connectivity index is 1.62. The lowest BCUT2D eigenvalue weighted by Crippen LogP contribution is -2.28. The first-order valence-corrected chi connectivity index (χ1v) is 12.5. The summed E-state index contributed by atoms with van der Waals surface area (Å²) in [6.07, 6.45) is 0. The van der Waals surface area contributed by atoms with Gasteiger partial charge >= 0.3 is 0 Å². The minimum absolute atomic E-state index is 0.135. The van der Waals surface area contributed by atoms with E-state index in [0.717, 1.165) is 9.26 Å². The predicted octanol–water partition coefficient (Wildman–Crippen LogP) is 5.43. The number of nitrogens with zero attached hydrogens (tertiary/aromatic N) is 3. The average molecular weight is 604 g/mol. The highest BCUT2D eigenvalue weighted by molar-refractivity contribution is 14.1. The van der Waals surface area contributed by atoms with Crippen LogP contribution in [0.2, 0.25) is 10.0 Å². The molecule has 11 heteroatoms. The molecule has 0 saturated heterocycles. The maximum absolute atomic E-state index is 12.6. The van der Waals surface area contributed by atoms with Crippen LogP contribution >= 0.6 is 57.6 Å². The lowest BCUT2D eigenvalue weighted by Gasteiger charge is -2.15. The molecule has 32 heavy (non-hydrogen) atoms. The molecule has 0 unspecified atom stereocenters. The van der Waals surface area contributed by atoms with Crippen molar-refractivity contribution in [2.45, 2.75) is 31.6 Å². The summed E-state index contributed by atoms with van der Waals surface area (Å²) in [7, 11) is 0. The smallest absolute Gasteiger partial charge is 0.251 e. The number of hydrogen-bond acceptors (Lipinski definition) is 5. The van der Waals surface area contributed by atoms with Crippen molar-refractivity contribution in [2.75, 3.05) is 11.1 Å². The van der Waals surface area contributed by atoms with E-state index in [-0.39, 0.29) is 17.6 Å². The Hall–Kier alpha value is -1.82. The fourth-order valence-electron chi connectivity index (χ4n) is 2.87. The van der Waals surface area contributed by atoms with Crippen molar-refractivity contribution in [3.8, 4) is 0 Å². The molecule has 0 fully saturated rings. The number of aromatic nitrogens is 3. The molecule has 0 saturated carbocycles. The van der Waals surface area contributed by atoms with Crippen LogP contribution in [-0.4, -0.2) is 32.3 Å². The maximum atomic E-state index is 12.6. The number of anilines is 1. The number of nitrogens with one attached hydrogen (secondary N) is 2. The van der Waals surface area contributed by atoms with Crippen molar-refractivity contribution in [2.24, 2.45) is 0 Å². The Labute approximate surface area is 213 Å². The molecular weight excluding hydrogens is 584 g/mol. The van der Waals surface area contributed by atoms with Crippen molar-refractivity contribution in [3.63, 3.8) is 0 Å². The van der Waals surface area contributed by atoms with Crippen LogP contribution in [0.15, 0.2) is 47.6 Å². The SMILES string of the molecule is CCn1c(SCC(=O)Nc2ccc(I)cc2)nnc1[C@H](C)NC(=O)c1ccc(Cl)c(Cl)c1. The van der Waals surface area contributed by atoms with E-state index in [9.17, 15) is 9.59 Å². The van der Waals surface area contributed by atoms with Crippen LogP contribution in [0.5, 0.6) is 0 Å². The summed E-state index contributed by atoms with van der Waals surface area (Å²) in [5.74, 6) is 0.354. The first-order chi connectivity index (χ1) is 15.3. The zero-order chi connectivity index (χ0) is 23.3. The van der Waals surface area contributed by atoms with Crippen molar-refractivity contribution >= 4 is 75.1 Å². The second-order valence-corrected chi connectivity index (χ2v) is 9.76. The third-order valence-electron chi connectivity index (χ3n) is 4.44. The topological polar surface area (TPSA) is 88.9 Å². The van der Waals surface area contributed by atoms with Gasteiger partial charge in [-0.15, -0.1) is 10.2 Å². The van der Waals surface area contributed by atoms with Gasteiger partial charge in [0.2, 0.25) is 5.91 Å². The molecular formula is C21H20Cl2IN5O2S. The quantitative estimate of drug-likeness (QED) is 0.265. The van der Waals surface area contributed by atoms with Crippen LogP contribution in [0.1, 0.15) is 36.1 Å². The van der Waals surface area contributed by atoms with Gasteiger partial charge in [-0.05, 0) is 78.9 Å². The van der Waals surface area contributed by atoms with Crippen LogP contribution in [-0.2, 0) is 11.3 Å². The maximum Gasteiger partial charge on any atom is 0.251 e. The van der Waals surface area contributed by atoms with E-state index in [2.05, 4.69) is 43.4 Å². The van der Waals surface area contributed by atoms with Gasteiger partial charge in [-0.2, -0.15) is 0 Å². The van der Waals surface area contributed by atoms with Gasteiger partial charge in [-0.1, -0.05) is 35.0 Å². The van der Waals surface area contributed by atoms with E-state index in [4.69, 9.17) is 23.2 Å². The molecule has 1 atom stereocenters. The highest BCUT2D eigenvalue weighted by atomic mass is 127. The molecule has 0 aliphatic rings. The molecule has 0 aliphatic carbocycles. The van der Waals surface area contributed by atoms with Crippen LogP contribution < -0.4 is 10.6 Å². The van der Waals surface area contributed by atoms with E-state index in [0.29, 0.717) is 33.1 Å². The van der Waals surface area contributed by atoms with Crippen molar-refractivity contribution < 1.29 is 9.59 Å². The van der Waals surface area contributed by atoms with E-state index < -0.39 is 6.04 Å². The van der Waals surface area contributed by atoms with Gasteiger partial charge in [-0.25, -0.2) is 0 Å². The molecule has 0 spiro atoms. The van der Waals surface area contributed by atoms with Crippen LogP contribution in [0.25, 0.3) is 0 Å². The highest BCUT2D eigenvalue weighted by Crippen LogP contribution is 2.24. The first kappa shape index (κ1) is 24.8. The van der Waals surface area contributed by atoms with Gasteiger partial charge in [0.05, 0.1) is 21.8 Å². The Kier molecular flexibility index (Phi) is 8.80. The standard InChI is InChI=1S/C21H20Cl2IN5O2S/c1-3-29-19(12(2)25-20(31)13-4-9-16(22)17(23)10-13)27-28-21(29)32-11-18(30)26-15-7-5-14(24)6-8-15/h4-10,12H,3,11H2,1-2H3,(H,25,31)(H,26,30)/t12-/m0/s1. The summed E-state index contributed by atoms with van der Waals surface area (Å²) in [6.45, 7) is 4.37. The van der Waals surface area contributed by atoms with E-state index in [1.807, 2.05) is 42.7 Å². The number of thioether (sulfide) groups is 1. The number of carbonyl (C=O) groups excluding carboxylic acids is 2. The van der Waals surface area contributed by atoms with Crippen molar-refractivity contribution in [3.05, 3.63) is 67.5 Å². The first-order valence-electron chi connectivity index (χ1n) is 9.65. The summed E-state index contributed by atoms with van der Waals surface area (Å²) in [5.41, 5.74) is 1.14. The zero-order valence-corrected chi connectivity index (χ0v) is 21.7. The van der Waals surface area contributed by atoms with Crippen LogP contribution in [0.4, 0.5) is 5.69 Å². The molecule has 168 valence electrons. The van der Waals surface area contributed by atoms with Crippen molar-refractivity contribution in [1.82, 2.24) is 20.1 Å². The Morgan fingerprint density at radius 2 is 1.84 bits per heavy atom. The second-order valence-electron chi connectivity index (χ2n) is 6.75. The molecule has 2 aromatic carbocycles. The summed E-state index contributed by atoms with van der Waals surface area (Å²) < 4.78 is 2.97. The molecule has 1 heterocycles. The second kappa shape index (κ2) is 11.4. The average Bonchev–Trinajstić information content (AvgIpc) is 3.19. The van der Waals surface area contributed by atoms with Gasteiger partial charge in [0, 0.05) is 21.4 Å². The minimum Gasteiger partial charge on any atom is -0.342 e. The Morgan fingerprint density at radius 3 is 2.50 bits per heavy atom. The summed E-state index contributed by atoms with van der Waals surface area (Å²) in [5, 5.41) is 15.5. The number of hydrogen-bond donors (Lipinski definition) is 2. The monoisotopic (exact) mass is 603 g/mol. The van der Waals surface area contributed by atoms with Gasteiger partial charge in [0.25, 0.3) is 5.91 Å². The number of amides is 2. The summed E-state index contributed by atoms with van der Waals surface area (Å²) in [4.78, 5) is 24.9. The third kappa shape index (κ3) is 6.37. The molecule has 7 nitrogen and oxygen atoms in total. The molecule has 0 radical (unpaired) electrons. The largest absolute Gasteiger partial charge is 0.342 e. The number of benzene rings is 2. The lowest BCUT2D eigenvalue weighted by molar-refractivity contribution is -0.113. The fourth-order valence-corrected chi connectivity index (χ4v) is 4.33. The number of halogens is 3. The number of rotatable bonds is 8. The van der Waals surface area contributed by atoms with Crippen LogP contribution in [0.3, 0.4) is 0 Å². The normalized spacial score (nSPS) is 11.8. The van der Waals surface area contributed by atoms with E-state index >= 15 is 0 Å². The lowest BCUT2D eigenvalue weighted by atomic mass is 10.2.